The Kier molecular flexibility index (Phi) is 5.40. The summed E-state index contributed by atoms with van der Waals surface area (Å²) >= 11 is 1.25. The molecule has 2 amide bonds. The van der Waals surface area contributed by atoms with Crippen LogP contribution < -0.4 is 11.1 Å². The molecule has 0 bridgehead atoms. The number of carbonyl (C=O) groups excluding carboxylic acids is 3. The number of thiophene rings is 1. The van der Waals surface area contributed by atoms with Crippen LogP contribution in [0.15, 0.2) is 12.3 Å². The van der Waals surface area contributed by atoms with Gasteiger partial charge in [0, 0.05) is 11.1 Å². The smallest absolute Gasteiger partial charge is 0.435 e. The standard InChI is InChI=1S/C16H15F3N4O4S/c17-16(18,19)10-4-5-23(22-10)6-12(25)27-7-11(24)21-15-13(14(20)26)8-2-1-3-9(8)28-15/h4-5H,1-3,6-7H2,(H2,20,26)(H,21,24). The maximum absolute atomic E-state index is 12.5. The van der Waals surface area contributed by atoms with Gasteiger partial charge in [0.15, 0.2) is 12.3 Å². The molecule has 1 aliphatic carbocycles. The largest absolute Gasteiger partial charge is 0.454 e. The number of carbonyl (C=O) groups is 3. The van der Waals surface area contributed by atoms with Crippen LogP contribution in [-0.2, 0) is 39.9 Å². The lowest BCUT2D eigenvalue weighted by Crippen LogP contribution is -2.24. The van der Waals surface area contributed by atoms with Crippen LogP contribution in [0.5, 0.6) is 0 Å². The van der Waals surface area contributed by atoms with Gasteiger partial charge in [0.05, 0.1) is 5.56 Å². The summed E-state index contributed by atoms with van der Waals surface area (Å²) in [5.41, 5.74) is 5.36. The van der Waals surface area contributed by atoms with Gasteiger partial charge >= 0.3 is 12.1 Å². The van der Waals surface area contributed by atoms with E-state index in [1.54, 1.807) is 0 Å². The molecule has 1 aliphatic rings. The summed E-state index contributed by atoms with van der Waals surface area (Å²) in [7, 11) is 0. The molecule has 0 aliphatic heterocycles. The molecule has 0 atom stereocenters. The molecule has 0 saturated heterocycles. The molecule has 12 heteroatoms. The molecule has 0 radical (unpaired) electrons. The number of nitrogens with two attached hydrogens (primary N) is 1. The van der Waals surface area contributed by atoms with Gasteiger partial charge < -0.3 is 15.8 Å². The van der Waals surface area contributed by atoms with E-state index in [1.807, 2.05) is 0 Å². The Morgan fingerprint density at radius 2 is 2.07 bits per heavy atom. The van der Waals surface area contributed by atoms with Gasteiger partial charge in [0.2, 0.25) is 0 Å². The number of nitrogens with zero attached hydrogens (tertiary/aromatic N) is 2. The SMILES string of the molecule is NC(=O)c1c(NC(=O)COC(=O)Cn2ccc(C(F)(F)F)n2)sc2c1CCC2. The van der Waals surface area contributed by atoms with Gasteiger partial charge in [0.1, 0.15) is 11.5 Å². The normalized spacial score (nSPS) is 13.2. The van der Waals surface area contributed by atoms with Crippen LogP contribution in [0, 0.1) is 0 Å². The van der Waals surface area contributed by atoms with Gasteiger partial charge in [-0.1, -0.05) is 0 Å². The van der Waals surface area contributed by atoms with E-state index in [-0.39, 0.29) is 5.56 Å². The van der Waals surface area contributed by atoms with Crippen molar-refractivity contribution in [2.24, 2.45) is 5.73 Å². The number of aromatic nitrogens is 2. The molecule has 0 aromatic carbocycles. The van der Waals surface area contributed by atoms with Gasteiger partial charge in [-0.2, -0.15) is 18.3 Å². The number of rotatable bonds is 6. The second-order valence-corrected chi connectivity index (χ2v) is 7.14. The topological polar surface area (TPSA) is 116 Å². The molecule has 2 aromatic rings. The molecule has 2 heterocycles. The number of ether oxygens (including phenoxy) is 1. The molecule has 8 nitrogen and oxygen atoms in total. The maximum Gasteiger partial charge on any atom is 0.435 e. The maximum atomic E-state index is 12.5. The molecule has 3 N–H and O–H groups in total. The van der Waals surface area contributed by atoms with Crippen LogP contribution in [0.4, 0.5) is 18.2 Å². The fourth-order valence-corrected chi connectivity index (χ4v) is 4.15. The van der Waals surface area contributed by atoms with E-state index in [0.717, 1.165) is 40.2 Å². The predicted molar refractivity (Wildman–Crippen MR) is 91.7 cm³/mol. The van der Waals surface area contributed by atoms with Crippen LogP contribution >= 0.6 is 11.3 Å². The molecular formula is C16H15F3N4O4S. The summed E-state index contributed by atoms with van der Waals surface area (Å²) in [4.78, 5) is 36.4. The summed E-state index contributed by atoms with van der Waals surface area (Å²) in [6.45, 7) is -1.24. The van der Waals surface area contributed by atoms with Gasteiger partial charge in [-0.3, -0.25) is 19.1 Å². The van der Waals surface area contributed by atoms with Gasteiger partial charge in [-0.15, -0.1) is 11.3 Å². The average Bonchev–Trinajstić information content (AvgIpc) is 3.27. The van der Waals surface area contributed by atoms with Crippen molar-refractivity contribution in [1.82, 2.24) is 9.78 Å². The van der Waals surface area contributed by atoms with Crippen LogP contribution in [-0.4, -0.2) is 34.2 Å². The fraction of sp³-hybridized carbons (Fsp3) is 0.375. The van der Waals surface area contributed by atoms with Gasteiger partial charge in [-0.05, 0) is 30.9 Å². The second kappa shape index (κ2) is 7.62. The minimum absolute atomic E-state index is 0.272. The number of halogens is 3. The van der Waals surface area contributed by atoms with Gasteiger partial charge in [0.25, 0.3) is 11.8 Å². The third-order valence-corrected chi connectivity index (χ3v) is 5.21. The third-order valence-electron chi connectivity index (χ3n) is 4.01. The van der Waals surface area contributed by atoms with E-state index < -0.39 is 42.8 Å². The number of hydrogen-bond donors (Lipinski definition) is 2. The van der Waals surface area contributed by atoms with Crippen LogP contribution in [0.2, 0.25) is 0 Å². The lowest BCUT2D eigenvalue weighted by molar-refractivity contribution is -0.148. The zero-order valence-corrected chi connectivity index (χ0v) is 15.2. The molecule has 0 unspecified atom stereocenters. The molecule has 0 spiro atoms. The van der Waals surface area contributed by atoms with Crippen molar-refractivity contribution in [2.75, 3.05) is 11.9 Å². The molecule has 2 aromatic heterocycles. The molecule has 0 fully saturated rings. The number of amides is 2. The van der Waals surface area contributed by atoms with E-state index >= 15 is 0 Å². The zero-order chi connectivity index (χ0) is 20.5. The third kappa shape index (κ3) is 4.32. The molecule has 3 rings (SSSR count). The van der Waals surface area contributed by atoms with Crippen molar-refractivity contribution in [3.05, 3.63) is 34.0 Å². The number of aryl methyl sites for hydroxylation is 1. The minimum atomic E-state index is -4.62. The minimum Gasteiger partial charge on any atom is -0.454 e. The quantitative estimate of drug-likeness (QED) is 0.696. The number of anilines is 1. The summed E-state index contributed by atoms with van der Waals surface area (Å²) < 4.78 is 42.9. The first-order valence-electron chi connectivity index (χ1n) is 8.15. The lowest BCUT2D eigenvalue weighted by atomic mass is 10.1. The number of fused-ring (bicyclic) bond motifs is 1. The van der Waals surface area contributed by atoms with Crippen molar-refractivity contribution < 1.29 is 32.3 Å². The van der Waals surface area contributed by atoms with Crippen molar-refractivity contribution in [2.45, 2.75) is 32.0 Å². The highest BCUT2D eigenvalue weighted by atomic mass is 32.1. The number of primary amides is 1. The van der Waals surface area contributed by atoms with E-state index in [9.17, 15) is 27.6 Å². The first kappa shape index (κ1) is 19.9. The lowest BCUT2D eigenvalue weighted by Gasteiger charge is -2.07. The zero-order valence-electron chi connectivity index (χ0n) is 14.3. The van der Waals surface area contributed by atoms with Crippen molar-refractivity contribution in [1.29, 1.82) is 0 Å². The van der Waals surface area contributed by atoms with Crippen molar-refractivity contribution in [3.63, 3.8) is 0 Å². The number of esters is 1. The van der Waals surface area contributed by atoms with Crippen LogP contribution in [0.1, 0.15) is 32.9 Å². The summed E-state index contributed by atoms with van der Waals surface area (Å²) in [6.07, 6.45) is -1.21. The van der Waals surface area contributed by atoms with E-state index in [0.29, 0.717) is 11.4 Å². The van der Waals surface area contributed by atoms with Crippen molar-refractivity contribution in [3.8, 4) is 0 Å². The van der Waals surface area contributed by atoms with E-state index in [1.165, 1.54) is 11.3 Å². The van der Waals surface area contributed by atoms with Crippen molar-refractivity contribution >= 4 is 34.1 Å². The Morgan fingerprint density at radius 1 is 1.32 bits per heavy atom. The Labute approximate surface area is 160 Å². The summed E-state index contributed by atoms with van der Waals surface area (Å²) in [5.74, 6) is -2.27. The monoisotopic (exact) mass is 416 g/mol. The first-order valence-corrected chi connectivity index (χ1v) is 8.97. The fourth-order valence-electron chi connectivity index (χ4n) is 2.84. The predicted octanol–water partition coefficient (Wildman–Crippen LogP) is 1.73. The molecule has 28 heavy (non-hydrogen) atoms. The average molecular weight is 416 g/mol. The Hall–Kier alpha value is -2.89. The van der Waals surface area contributed by atoms with Crippen LogP contribution in [0.25, 0.3) is 0 Å². The highest BCUT2D eigenvalue weighted by Crippen LogP contribution is 2.38. The molecule has 150 valence electrons. The highest BCUT2D eigenvalue weighted by molar-refractivity contribution is 7.17. The van der Waals surface area contributed by atoms with E-state index in [4.69, 9.17) is 10.5 Å². The first-order chi connectivity index (χ1) is 13.1. The van der Waals surface area contributed by atoms with Crippen LogP contribution in [0.3, 0.4) is 0 Å². The number of nitrogens with one attached hydrogen (secondary N) is 1. The number of alkyl halides is 3. The summed E-state index contributed by atoms with van der Waals surface area (Å²) in [6, 6.07) is 0.724. The molecular weight excluding hydrogens is 401 g/mol. The Morgan fingerprint density at radius 3 is 2.71 bits per heavy atom. The molecule has 0 saturated carbocycles. The Balaban J connectivity index is 1.54. The summed E-state index contributed by atoms with van der Waals surface area (Å²) in [5, 5.41) is 6.02. The second-order valence-electron chi connectivity index (χ2n) is 6.03. The number of hydrogen-bond acceptors (Lipinski definition) is 6. The van der Waals surface area contributed by atoms with Gasteiger partial charge in [-0.25, -0.2) is 0 Å². The Bertz CT molecular complexity index is 935. The highest BCUT2D eigenvalue weighted by Gasteiger charge is 2.33. The van der Waals surface area contributed by atoms with E-state index in [2.05, 4.69) is 10.4 Å².